The van der Waals surface area contributed by atoms with Crippen molar-refractivity contribution in [2.24, 2.45) is 5.92 Å². The number of amides is 1. The van der Waals surface area contributed by atoms with Gasteiger partial charge in [-0.3, -0.25) is 9.59 Å². The predicted molar refractivity (Wildman–Crippen MR) is 88.8 cm³/mol. The molecule has 2 N–H and O–H groups in total. The van der Waals surface area contributed by atoms with Crippen LogP contribution in [0, 0.1) is 12.8 Å². The Kier molecular flexibility index (Phi) is 5.87. The molecule has 1 aromatic heterocycles. The molecule has 0 spiro atoms. The van der Waals surface area contributed by atoms with Crippen LogP contribution in [0.3, 0.4) is 0 Å². The Hall–Kier alpha value is -2.21. The van der Waals surface area contributed by atoms with E-state index in [4.69, 9.17) is 4.42 Å². The highest BCUT2D eigenvalue weighted by atomic mass is 32.2. The van der Waals surface area contributed by atoms with Gasteiger partial charge in [-0.2, -0.15) is 0 Å². The Morgan fingerprint density at radius 2 is 2.09 bits per heavy atom. The van der Waals surface area contributed by atoms with E-state index in [1.165, 1.54) is 11.8 Å². The van der Waals surface area contributed by atoms with Gasteiger partial charge in [-0.15, -0.1) is 0 Å². The molecule has 1 amide bonds. The van der Waals surface area contributed by atoms with E-state index in [9.17, 15) is 14.7 Å². The summed E-state index contributed by atoms with van der Waals surface area (Å²) in [6.07, 6.45) is 2.22. The van der Waals surface area contributed by atoms with E-state index in [2.05, 4.69) is 5.32 Å². The lowest BCUT2D eigenvalue weighted by molar-refractivity contribution is -0.141. The van der Waals surface area contributed by atoms with Crippen molar-refractivity contribution in [3.8, 4) is 0 Å². The normalized spacial score (nSPS) is 11.9. The van der Waals surface area contributed by atoms with Gasteiger partial charge >= 0.3 is 5.97 Å². The summed E-state index contributed by atoms with van der Waals surface area (Å²) in [6, 6.07) is 11.0. The number of aryl methyl sites for hydroxylation is 1. The van der Waals surface area contributed by atoms with E-state index < -0.39 is 17.8 Å². The van der Waals surface area contributed by atoms with Crippen molar-refractivity contribution in [2.45, 2.75) is 18.4 Å². The van der Waals surface area contributed by atoms with Crippen LogP contribution in [0.15, 0.2) is 45.9 Å². The van der Waals surface area contributed by atoms with Crippen molar-refractivity contribution in [1.29, 1.82) is 0 Å². The minimum absolute atomic E-state index is 0.0530. The van der Waals surface area contributed by atoms with Gasteiger partial charge < -0.3 is 14.8 Å². The number of carboxylic acids is 1. The molecule has 0 fully saturated rings. The molecule has 1 aromatic carbocycles. The first-order chi connectivity index (χ1) is 11.0. The van der Waals surface area contributed by atoms with Crippen LogP contribution in [0.5, 0.6) is 0 Å². The Morgan fingerprint density at radius 1 is 1.30 bits per heavy atom. The molecule has 1 unspecified atom stereocenters. The van der Waals surface area contributed by atoms with Gasteiger partial charge in [0.1, 0.15) is 0 Å². The highest BCUT2D eigenvalue weighted by Gasteiger charge is 2.20. The molecule has 0 saturated heterocycles. The molecule has 1 heterocycles. The van der Waals surface area contributed by atoms with Crippen LogP contribution in [0.2, 0.25) is 0 Å². The molecule has 5 nitrogen and oxygen atoms in total. The molecule has 6 heteroatoms. The van der Waals surface area contributed by atoms with E-state index in [0.717, 1.165) is 11.1 Å². The third kappa shape index (κ3) is 4.89. The van der Waals surface area contributed by atoms with Gasteiger partial charge in [-0.25, -0.2) is 0 Å². The number of carboxylic acid groups (broad SMARTS) is 1. The first-order valence-electron chi connectivity index (χ1n) is 7.20. The van der Waals surface area contributed by atoms with Gasteiger partial charge in [-0.05, 0) is 37.3 Å². The maximum atomic E-state index is 12.0. The lowest BCUT2D eigenvalue weighted by Gasteiger charge is -2.13. The molecule has 2 rings (SSSR count). The van der Waals surface area contributed by atoms with Crippen LogP contribution in [-0.2, 0) is 11.2 Å². The van der Waals surface area contributed by atoms with Crippen molar-refractivity contribution in [3.05, 3.63) is 53.3 Å². The lowest BCUT2D eigenvalue weighted by Crippen LogP contribution is -2.34. The average Bonchev–Trinajstić information content (AvgIpc) is 3.00. The first kappa shape index (κ1) is 17.1. The number of hydrogen-bond donors (Lipinski definition) is 2. The zero-order valence-electron chi connectivity index (χ0n) is 13.0. The molecular weight excluding hydrogens is 314 g/mol. The number of aliphatic carboxylic acids is 1. The molecule has 0 aliphatic rings. The fourth-order valence-corrected chi connectivity index (χ4v) is 2.60. The zero-order chi connectivity index (χ0) is 16.8. The molecule has 122 valence electrons. The molecule has 2 aromatic rings. The highest BCUT2D eigenvalue weighted by Crippen LogP contribution is 2.18. The minimum atomic E-state index is -0.934. The largest absolute Gasteiger partial charge is 0.481 e. The minimum Gasteiger partial charge on any atom is -0.481 e. The molecule has 1 atom stereocenters. The topological polar surface area (TPSA) is 79.5 Å². The van der Waals surface area contributed by atoms with E-state index in [1.54, 1.807) is 12.1 Å². The molecule has 0 bridgehead atoms. The first-order valence-corrected chi connectivity index (χ1v) is 8.42. The van der Waals surface area contributed by atoms with Crippen molar-refractivity contribution in [1.82, 2.24) is 5.32 Å². The van der Waals surface area contributed by atoms with Gasteiger partial charge in [0, 0.05) is 6.54 Å². The molecule has 0 radical (unpaired) electrons. The summed E-state index contributed by atoms with van der Waals surface area (Å²) in [5, 5.41) is 12.6. The number of nitrogens with one attached hydrogen (secondary N) is 1. The SMILES string of the molecule is CSc1ccc(C(=O)NCC(Cc2cccc(C)c2)C(=O)O)o1. The van der Waals surface area contributed by atoms with Gasteiger partial charge in [0.15, 0.2) is 10.9 Å². The third-order valence-corrected chi connectivity index (χ3v) is 4.05. The van der Waals surface area contributed by atoms with Crippen LogP contribution >= 0.6 is 11.8 Å². The summed E-state index contributed by atoms with van der Waals surface area (Å²) in [7, 11) is 0. The van der Waals surface area contributed by atoms with Crippen LogP contribution in [-0.4, -0.2) is 29.8 Å². The van der Waals surface area contributed by atoms with Gasteiger partial charge in [0.2, 0.25) is 0 Å². The number of carbonyl (C=O) groups is 2. The number of furan rings is 1. The summed E-state index contributed by atoms with van der Waals surface area (Å²) in [4.78, 5) is 23.4. The van der Waals surface area contributed by atoms with E-state index in [0.29, 0.717) is 11.5 Å². The molecule has 0 aliphatic carbocycles. The molecule has 23 heavy (non-hydrogen) atoms. The van der Waals surface area contributed by atoms with E-state index in [-0.39, 0.29) is 12.3 Å². The number of carbonyl (C=O) groups excluding carboxylic acids is 1. The standard InChI is InChI=1S/C17H19NO4S/c1-11-4-3-5-12(8-11)9-13(17(20)21)10-18-16(19)14-6-7-15(22-14)23-2/h3-8,13H,9-10H2,1-2H3,(H,18,19)(H,20,21). The van der Waals surface area contributed by atoms with Crippen LogP contribution < -0.4 is 5.32 Å². The second-order valence-corrected chi connectivity index (χ2v) is 6.07. The van der Waals surface area contributed by atoms with Gasteiger partial charge in [-0.1, -0.05) is 41.6 Å². The maximum Gasteiger partial charge on any atom is 0.308 e. The lowest BCUT2D eigenvalue weighted by atomic mass is 9.98. The number of thioether (sulfide) groups is 1. The Morgan fingerprint density at radius 3 is 2.70 bits per heavy atom. The van der Waals surface area contributed by atoms with Crippen molar-refractivity contribution in [2.75, 3.05) is 12.8 Å². The number of rotatable bonds is 7. The third-order valence-electron chi connectivity index (χ3n) is 3.43. The number of hydrogen-bond acceptors (Lipinski definition) is 4. The van der Waals surface area contributed by atoms with Crippen molar-refractivity contribution < 1.29 is 19.1 Å². The monoisotopic (exact) mass is 333 g/mol. The average molecular weight is 333 g/mol. The summed E-state index contributed by atoms with van der Waals surface area (Å²) < 4.78 is 5.32. The fraction of sp³-hybridized carbons (Fsp3) is 0.294. The maximum absolute atomic E-state index is 12.0. The zero-order valence-corrected chi connectivity index (χ0v) is 13.9. The predicted octanol–water partition coefficient (Wildman–Crippen LogP) is 2.98. The van der Waals surface area contributed by atoms with Crippen LogP contribution in [0.4, 0.5) is 0 Å². The van der Waals surface area contributed by atoms with Crippen molar-refractivity contribution in [3.63, 3.8) is 0 Å². The Labute approximate surface area is 139 Å². The second-order valence-electron chi connectivity index (χ2n) is 5.26. The smallest absolute Gasteiger partial charge is 0.308 e. The Balaban J connectivity index is 1.97. The van der Waals surface area contributed by atoms with Gasteiger partial charge in [0.05, 0.1) is 5.92 Å². The van der Waals surface area contributed by atoms with Crippen LogP contribution in [0.1, 0.15) is 21.7 Å². The summed E-state index contributed by atoms with van der Waals surface area (Å²) in [6.45, 7) is 2.01. The number of benzene rings is 1. The second kappa shape index (κ2) is 7.87. The quantitative estimate of drug-likeness (QED) is 0.762. The molecular formula is C17H19NO4S. The highest BCUT2D eigenvalue weighted by molar-refractivity contribution is 7.98. The van der Waals surface area contributed by atoms with E-state index >= 15 is 0 Å². The van der Waals surface area contributed by atoms with Gasteiger partial charge in [0.25, 0.3) is 5.91 Å². The summed E-state index contributed by atoms with van der Waals surface area (Å²) >= 11 is 1.40. The summed E-state index contributed by atoms with van der Waals surface area (Å²) in [5.74, 6) is -1.83. The fourth-order valence-electron chi connectivity index (χ4n) is 2.23. The van der Waals surface area contributed by atoms with Crippen molar-refractivity contribution >= 4 is 23.6 Å². The Bertz CT molecular complexity index is 695. The molecule has 0 saturated carbocycles. The summed E-state index contributed by atoms with van der Waals surface area (Å²) in [5.41, 5.74) is 2.02. The van der Waals surface area contributed by atoms with E-state index in [1.807, 2.05) is 37.4 Å². The molecule has 0 aliphatic heterocycles. The van der Waals surface area contributed by atoms with Crippen LogP contribution in [0.25, 0.3) is 0 Å².